The predicted octanol–water partition coefficient (Wildman–Crippen LogP) is 1.58. The Hall–Kier alpha value is -2.13. The van der Waals surface area contributed by atoms with Crippen LogP contribution in [-0.2, 0) is 10.0 Å². The molecule has 0 spiro atoms. The van der Waals surface area contributed by atoms with Gasteiger partial charge >= 0.3 is 0 Å². The van der Waals surface area contributed by atoms with Crippen LogP contribution in [0.5, 0.6) is 11.5 Å². The highest BCUT2D eigenvalue weighted by Gasteiger charge is 2.23. The van der Waals surface area contributed by atoms with Crippen LogP contribution in [0.15, 0.2) is 27.6 Å². The summed E-state index contributed by atoms with van der Waals surface area (Å²) in [6.07, 6.45) is 0.753. The molecule has 1 aromatic carbocycles. The molecule has 2 heterocycles. The molecule has 0 fully saturated rings. The average Bonchev–Trinajstić information content (AvgIpc) is 2.81. The molecule has 0 saturated carbocycles. The van der Waals surface area contributed by atoms with Gasteiger partial charge in [0, 0.05) is 12.5 Å². The number of nitrogens with one attached hydrogen (secondary N) is 1. The number of hydrogen-bond donors (Lipinski definition) is 1. The van der Waals surface area contributed by atoms with E-state index in [1.54, 1.807) is 19.9 Å². The van der Waals surface area contributed by atoms with E-state index >= 15 is 0 Å². The molecule has 2 aromatic rings. The van der Waals surface area contributed by atoms with Crippen LogP contribution >= 0.6 is 0 Å². The zero-order valence-corrected chi connectivity index (χ0v) is 13.6. The molecular weight excluding hydrogens is 322 g/mol. The third-order valence-corrected chi connectivity index (χ3v) is 4.81. The van der Waals surface area contributed by atoms with Gasteiger partial charge in [-0.3, -0.25) is 0 Å². The molecule has 0 saturated heterocycles. The summed E-state index contributed by atoms with van der Waals surface area (Å²) in [4.78, 5) is 4.11. The van der Waals surface area contributed by atoms with Crippen LogP contribution in [-0.4, -0.2) is 31.8 Å². The summed E-state index contributed by atoms with van der Waals surface area (Å²) in [5, 5.41) is 3.65. The first kappa shape index (κ1) is 15.8. The SMILES string of the molecule is Cc1noc([C@@H](C)NS(=O)(=O)c2ccc3c(c2)OCCCO3)n1. The summed E-state index contributed by atoms with van der Waals surface area (Å²) >= 11 is 0. The smallest absolute Gasteiger partial charge is 0.244 e. The highest BCUT2D eigenvalue weighted by atomic mass is 32.2. The molecule has 0 radical (unpaired) electrons. The molecule has 8 nitrogen and oxygen atoms in total. The molecule has 0 aliphatic carbocycles. The van der Waals surface area contributed by atoms with Crippen LogP contribution in [0.4, 0.5) is 0 Å². The number of aryl methyl sites for hydroxylation is 1. The average molecular weight is 339 g/mol. The molecule has 0 bridgehead atoms. The Bertz CT molecular complexity index is 802. The summed E-state index contributed by atoms with van der Waals surface area (Å²) in [5.41, 5.74) is 0. The van der Waals surface area contributed by atoms with E-state index in [0.29, 0.717) is 30.5 Å². The molecule has 3 rings (SSSR count). The van der Waals surface area contributed by atoms with Gasteiger partial charge in [-0.2, -0.15) is 9.71 Å². The maximum absolute atomic E-state index is 12.5. The lowest BCUT2D eigenvalue weighted by molar-refractivity contribution is 0.297. The van der Waals surface area contributed by atoms with Crippen molar-refractivity contribution < 1.29 is 22.4 Å². The molecule has 1 atom stereocenters. The Kier molecular flexibility index (Phi) is 4.22. The Labute approximate surface area is 133 Å². The highest BCUT2D eigenvalue weighted by molar-refractivity contribution is 7.89. The zero-order valence-electron chi connectivity index (χ0n) is 12.8. The van der Waals surface area contributed by atoms with Crippen molar-refractivity contribution in [3.05, 3.63) is 29.9 Å². The molecule has 1 aliphatic heterocycles. The standard InChI is InChI=1S/C14H17N3O5S/c1-9(14-15-10(2)16-22-14)17-23(18,19)11-4-5-12-13(8-11)21-7-3-6-20-12/h4-5,8-9,17H,3,6-7H2,1-2H3/t9-/m1/s1. The third-order valence-electron chi connectivity index (χ3n) is 3.27. The fourth-order valence-electron chi connectivity index (χ4n) is 2.15. The lowest BCUT2D eigenvalue weighted by atomic mass is 10.3. The summed E-state index contributed by atoms with van der Waals surface area (Å²) in [7, 11) is -3.76. The minimum atomic E-state index is -3.76. The van der Waals surface area contributed by atoms with Gasteiger partial charge in [-0.15, -0.1) is 0 Å². The maximum Gasteiger partial charge on any atom is 0.244 e. The molecule has 23 heavy (non-hydrogen) atoms. The van der Waals surface area contributed by atoms with Crippen molar-refractivity contribution in [2.24, 2.45) is 0 Å². The van der Waals surface area contributed by atoms with Crippen molar-refractivity contribution in [1.82, 2.24) is 14.9 Å². The van der Waals surface area contributed by atoms with Crippen molar-refractivity contribution >= 4 is 10.0 Å². The molecule has 1 aliphatic rings. The van der Waals surface area contributed by atoms with Crippen molar-refractivity contribution in [3.63, 3.8) is 0 Å². The second kappa shape index (κ2) is 6.17. The second-order valence-corrected chi connectivity index (χ2v) is 6.90. The fourth-order valence-corrected chi connectivity index (χ4v) is 3.36. The summed E-state index contributed by atoms with van der Waals surface area (Å²) in [5.74, 6) is 1.62. The molecule has 9 heteroatoms. The Morgan fingerprint density at radius 3 is 2.65 bits per heavy atom. The molecule has 0 amide bonds. The number of rotatable bonds is 4. The van der Waals surface area contributed by atoms with Crippen LogP contribution in [0.2, 0.25) is 0 Å². The monoisotopic (exact) mass is 339 g/mol. The summed E-state index contributed by atoms with van der Waals surface area (Å²) in [6.45, 7) is 4.33. The van der Waals surface area contributed by atoms with Crippen LogP contribution in [0.25, 0.3) is 0 Å². The lowest BCUT2D eigenvalue weighted by Gasteiger charge is -2.13. The first-order valence-electron chi connectivity index (χ1n) is 7.18. The quantitative estimate of drug-likeness (QED) is 0.902. The Morgan fingerprint density at radius 2 is 1.96 bits per heavy atom. The van der Waals surface area contributed by atoms with Gasteiger partial charge < -0.3 is 14.0 Å². The number of ether oxygens (including phenoxy) is 2. The summed E-state index contributed by atoms with van der Waals surface area (Å²) in [6, 6.07) is 3.88. The van der Waals surface area contributed by atoms with E-state index in [0.717, 1.165) is 6.42 Å². The van der Waals surface area contributed by atoms with Crippen molar-refractivity contribution in [1.29, 1.82) is 0 Å². The lowest BCUT2D eigenvalue weighted by Crippen LogP contribution is -2.27. The van der Waals surface area contributed by atoms with E-state index in [1.165, 1.54) is 12.1 Å². The number of benzene rings is 1. The maximum atomic E-state index is 12.5. The van der Waals surface area contributed by atoms with E-state index in [4.69, 9.17) is 14.0 Å². The van der Waals surface area contributed by atoms with Crippen molar-refractivity contribution in [2.75, 3.05) is 13.2 Å². The summed E-state index contributed by atoms with van der Waals surface area (Å²) < 4.78 is 43.5. The zero-order chi connectivity index (χ0) is 16.4. The molecule has 124 valence electrons. The van der Waals surface area contributed by atoms with Gasteiger partial charge in [0.2, 0.25) is 15.9 Å². The van der Waals surface area contributed by atoms with E-state index in [2.05, 4.69) is 14.9 Å². The van der Waals surface area contributed by atoms with Gasteiger partial charge in [0.1, 0.15) is 0 Å². The van der Waals surface area contributed by atoms with E-state index in [-0.39, 0.29) is 10.8 Å². The van der Waals surface area contributed by atoms with Crippen LogP contribution in [0, 0.1) is 6.92 Å². The minimum Gasteiger partial charge on any atom is -0.490 e. The molecular formula is C14H17N3O5S. The Morgan fingerprint density at radius 1 is 1.22 bits per heavy atom. The number of aromatic nitrogens is 2. The number of sulfonamides is 1. The van der Waals surface area contributed by atoms with E-state index in [1.807, 2.05) is 0 Å². The normalized spacial score (nSPS) is 15.9. The van der Waals surface area contributed by atoms with Gasteiger partial charge in [-0.05, 0) is 26.0 Å². The molecule has 1 aromatic heterocycles. The minimum absolute atomic E-state index is 0.0878. The van der Waals surface area contributed by atoms with Crippen LogP contribution in [0.3, 0.4) is 0 Å². The third kappa shape index (κ3) is 3.45. The number of fused-ring (bicyclic) bond motifs is 1. The van der Waals surface area contributed by atoms with Crippen molar-refractivity contribution in [2.45, 2.75) is 31.2 Å². The van der Waals surface area contributed by atoms with Crippen LogP contribution < -0.4 is 14.2 Å². The van der Waals surface area contributed by atoms with Gasteiger partial charge in [0.15, 0.2) is 17.3 Å². The Balaban J connectivity index is 1.83. The van der Waals surface area contributed by atoms with Gasteiger partial charge in [0.25, 0.3) is 0 Å². The van der Waals surface area contributed by atoms with Gasteiger partial charge in [-0.25, -0.2) is 8.42 Å². The predicted molar refractivity (Wildman–Crippen MR) is 79.8 cm³/mol. The first-order chi connectivity index (χ1) is 11.0. The van der Waals surface area contributed by atoms with E-state index in [9.17, 15) is 8.42 Å². The van der Waals surface area contributed by atoms with Gasteiger partial charge in [-0.1, -0.05) is 5.16 Å². The number of hydrogen-bond acceptors (Lipinski definition) is 7. The van der Waals surface area contributed by atoms with Crippen molar-refractivity contribution in [3.8, 4) is 11.5 Å². The van der Waals surface area contributed by atoms with Crippen LogP contribution in [0.1, 0.15) is 31.1 Å². The molecule has 0 unspecified atom stereocenters. The second-order valence-electron chi connectivity index (χ2n) is 5.18. The molecule has 1 N–H and O–H groups in total. The highest BCUT2D eigenvalue weighted by Crippen LogP contribution is 2.32. The first-order valence-corrected chi connectivity index (χ1v) is 8.66. The van der Waals surface area contributed by atoms with Gasteiger partial charge in [0.05, 0.1) is 24.2 Å². The van der Waals surface area contributed by atoms with E-state index < -0.39 is 16.1 Å². The fraction of sp³-hybridized carbons (Fsp3) is 0.429. The largest absolute Gasteiger partial charge is 0.490 e. The topological polar surface area (TPSA) is 104 Å². The number of nitrogens with zero attached hydrogens (tertiary/aromatic N) is 2.